The van der Waals surface area contributed by atoms with E-state index in [9.17, 15) is 25.8 Å². The summed E-state index contributed by atoms with van der Waals surface area (Å²) in [4.78, 5) is 0.862. The summed E-state index contributed by atoms with van der Waals surface area (Å²) in [6.07, 6.45) is -2.91. The molecule has 0 fully saturated rings. The quantitative estimate of drug-likeness (QED) is 0.333. The highest BCUT2D eigenvalue weighted by molar-refractivity contribution is 7.89. The van der Waals surface area contributed by atoms with Gasteiger partial charge in [0, 0.05) is 18.0 Å². The van der Waals surface area contributed by atoms with E-state index < -0.39 is 35.6 Å². The molecular weight excluding hydrogens is 420 g/mol. The smallest absolute Gasteiger partial charge is 0.413 e. The minimum atomic E-state index is -4.59. The second-order valence-electron chi connectivity index (χ2n) is 5.69. The van der Waals surface area contributed by atoms with Crippen molar-refractivity contribution < 1.29 is 34.8 Å². The summed E-state index contributed by atoms with van der Waals surface area (Å²) in [7, 11) is 0. The van der Waals surface area contributed by atoms with Crippen LogP contribution in [0.2, 0.25) is 0 Å². The number of allylic oxidation sites excluding steroid dienone is 1. The van der Waals surface area contributed by atoms with E-state index >= 15 is 0 Å². The Morgan fingerprint density at radius 2 is 1.66 bits per heavy atom. The van der Waals surface area contributed by atoms with Crippen LogP contribution in [0, 0.1) is 11.6 Å². The monoisotopic (exact) mass is 435 g/mol. The lowest BCUT2D eigenvalue weighted by molar-refractivity contribution is -0.0915. The Kier molecular flexibility index (Phi) is 7.49. The predicted octanol–water partition coefficient (Wildman–Crippen LogP) is 6.87. The Hall–Kier alpha value is -2.75. The zero-order valence-corrected chi connectivity index (χ0v) is 15.8. The molecule has 0 N–H and O–H groups in total. The third-order valence-electron chi connectivity index (χ3n) is 3.74. The molecule has 0 aliphatic rings. The highest BCUT2D eigenvalue weighted by Crippen LogP contribution is 2.29. The fraction of sp³-hybridized carbons (Fsp3) is 0.158. The van der Waals surface area contributed by atoms with Crippen LogP contribution in [0.15, 0.2) is 61.0 Å². The number of anilines is 1. The lowest BCUT2D eigenvalue weighted by atomic mass is 10.1. The van der Waals surface area contributed by atoms with Crippen LogP contribution < -0.4 is 13.8 Å². The molecule has 0 atom stereocenters. The van der Waals surface area contributed by atoms with Gasteiger partial charge in [-0.15, -0.1) is 3.89 Å². The van der Waals surface area contributed by atoms with E-state index in [0.29, 0.717) is 6.20 Å². The Bertz CT molecular complexity index is 860. The van der Waals surface area contributed by atoms with E-state index in [0.717, 1.165) is 30.2 Å². The minimum Gasteiger partial charge on any atom is -0.489 e. The molecule has 0 saturated heterocycles. The van der Waals surface area contributed by atoms with Crippen molar-refractivity contribution >= 4 is 18.1 Å². The number of nitrogens with zero attached hydrogens (tertiary/aromatic N) is 1. The largest absolute Gasteiger partial charge is 0.489 e. The first kappa shape index (κ1) is 22.5. The van der Waals surface area contributed by atoms with Crippen molar-refractivity contribution in [2.45, 2.75) is 19.7 Å². The van der Waals surface area contributed by atoms with E-state index in [4.69, 9.17) is 4.74 Å². The summed E-state index contributed by atoms with van der Waals surface area (Å²) in [5.41, 5.74) is -1.55. The maximum Gasteiger partial charge on any atom is 0.413 e. The molecule has 29 heavy (non-hydrogen) atoms. The van der Waals surface area contributed by atoms with Gasteiger partial charge in [0.05, 0.1) is 11.3 Å². The van der Waals surface area contributed by atoms with E-state index in [2.05, 4.69) is 10.8 Å². The summed E-state index contributed by atoms with van der Waals surface area (Å²) in [6, 6.07) is 7.38. The number of halogens is 6. The Balaban J connectivity index is 2.19. The molecule has 3 nitrogen and oxygen atoms in total. The van der Waals surface area contributed by atoms with E-state index in [1.165, 1.54) is 24.3 Å². The molecule has 0 aliphatic carbocycles. The Morgan fingerprint density at radius 3 is 2.14 bits per heavy atom. The van der Waals surface area contributed by atoms with Crippen molar-refractivity contribution in [1.82, 2.24) is 0 Å². The maximum atomic E-state index is 14.4. The second-order valence-corrected chi connectivity index (χ2v) is 5.99. The standard InChI is InChI=1S/C19H15F6NO2S/c1-3-26(10-12(2)19(22,23)24)13-8-17(20)16(18(21)9-13)11-27-14-4-6-15(7-5-14)28-29-25/h3-10H,1,11H2,2H3/b12-10+. The van der Waals surface area contributed by atoms with Crippen molar-refractivity contribution in [1.29, 1.82) is 0 Å². The Labute approximate surface area is 167 Å². The molecule has 0 aromatic heterocycles. The van der Waals surface area contributed by atoms with Crippen LogP contribution in [-0.4, -0.2) is 6.18 Å². The molecular formula is C19H15F6NO2S. The molecule has 2 aromatic carbocycles. The average molecular weight is 435 g/mol. The molecule has 2 rings (SSSR count). The van der Waals surface area contributed by atoms with Crippen LogP contribution in [0.25, 0.3) is 0 Å². The zero-order chi connectivity index (χ0) is 21.6. The number of hydrogen-bond donors (Lipinski definition) is 0. The summed E-state index contributed by atoms with van der Waals surface area (Å²) in [5, 5.41) is 0. The normalized spacial score (nSPS) is 11.9. The molecule has 0 amide bonds. The third-order valence-corrected chi connectivity index (χ3v) is 3.99. The highest BCUT2D eigenvalue weighted by Gasteiger charge is 2.30. The van der Waals surface area contributed by atoms with E-state index in [-0.39, 0.29) is 29.6 Å². The van der Waals surface area contributed by atoms with Crippen LogP contribution in [-0.2, 0) is 6.61 Å². The maximum absolute atomic E-state index is 14.4. The molecule has 0 saturated carbocycles. The van der Waals surface area contributed by atoms with E-state index in [1.807, 2.05) is 0 Å². The van der Waals surface area contributed by atoms with Crippen molar-refractivity contribution in [3.05, 3.63) is 78.1 Å². The van der Waals surface area contributed by atoms with Crippen LogP contribution in [0.3, 0.4) is 0 Å². The first-order valence-corrected chi connectivity index (χ1v) is 8.62. The summed E-state index contributed by atoms with van der Waals surface area (Å²) in [5.74, 6) is -1.53. The van der Waals surface area contributed by atoms with Crippen molar-refractivity contribution in [3.8, 4) is 11.5 Å². The molecule has 10 heteroatoms. The molecule has 0 heterocycles. The fourth-order valence-electron chi connectivity index (χ4n) is 2.17. The first-order valence-electron chi connectivity index (χ1n) is 7.98. The molecule has 0 radical (unpaired) electrons. The number of hydrogen-bond acceptors (Lipinski definition) is 4. The zero-order valence-electron chi connectivity index (χ0n) is 15.0. The fourth-order valence-corrected chi connectivity index (χ4v) is 2.36. The number of rotatable bonds is 8. The van der Waals surface area contributed by atoms with Gasteiger partial charge < -0.3 is 13.8 Å². The van der Waals surface area contributed by atoms with E-state index in [1.54, 1.807) is 0 Å². The summed E-state index contributed by atoms with van der Waals surface area (Å²) < 4.78 is 88.6. The lowest BCUT2D eigenvalue weighted by Crippen LogP contribution is -2.16. The van der Waals surface area contributed by atoms with Crippen molar-refractivity contribution in [3.63, 3.8) is 0 Å². The number of alkyl halides is 3. The molecule has 156 valence electrons. The van der Waals surface area contributed by atoms with Crippen molar-refractivity contribution in [2.75, 3.05) is 4.90 Å². The molecule has 0 spiro atoms. The SMILES string of the molecule is C=CN(/C=C(\C)C(F)(F)F)c1cc(F)c(COc2ccc(OSF)cc2)c(F)c1. The first-order chi connectivity index (χ1) is 13.7. The molecule has 0 aliphatic heterocycles. The molecule has 0 bridgehead atoms. The summed E-state index contributed by atoms with van der Waals surface area (Å²) in [6.45, 7) is 3.72. The molecule has 0 unspecified atom stereocenters. The minimum absolute atomic E-state index is 0.174. The van der Waals surface area contributed by atoms with Gasteiger partial charge in [0.1, 0.15) is 29.7 Å². The van der Waals surface area contributed by atoms with Gasteiger partial charge in [0.2, 0.25) is 0 Å². The van der Waals surface area contributed by atoms with Crippen LogP contribution in [0.4, 0.5) is 31.5 Å². The van der Waals surface area contributed by atoms with Gasteiger partial charge in [0.15, 0.2) is 0 Å². The van der Waals surface area contributed by atoms with Crippen LogP contribution in [0.1, 0.15) is 12.5 Å². The van der Waals surface area contributed by atoms with Crippen LogP contribution >= 0.6 is 12.4 Å². The summed E-state index contributed by atoms with van der Waals surface area (Å²) >= 11 is -0.332. The Morgan fingerprint density at radius 1 is 1.10 bits per heavy atom. The van der Waals surface area contributed by atoms with Gasteiger partial charge in [-0.05, 0) is 43.3 Å². The van der Waals surface area contributed by atoms with Gasteiger partial charge in [-0.3, -0.25) is 0 Å². The third kappa shape index (κ3) is 6.11. The van der Waals surface area contributed by atoms with Gasteiger partial charge in [-0.25, -0.2) is 8.78 Å². The van der Waals surface area contributed by atoms with Crippen molar-refractivity contribution in [2.24, 2.45) is 0 Å². The lowest BCUT2D eigenvalue weighted by Gasteiger charge is -2.19. The topological polar surface area (TPSA) is 21.7 Å². The predicted molar refractivity (Wildman–Crippen MR) is 98.9 cm³/mol. The van der Waals surface area contributed by atoms with Gasteiger partial charge in [-0.2, -0.15) is 13.2 Å². The van der Waals surface area contributed by atoms with Crippen LogP contribution in [0.5, 0.6) is 11.5 Å². The molecule has 2 aromatic rings. The van der Waals surface area contributed by atoms with Gasteiger partial charge >= 0.3 is 6.18 Å². The van der Waals surface area contributed by atoms with Gasteiger partial charge in [0.25, 0.3) is 12.4 Å². The van der Waals surface area contributed by atoms with Gasteiger partial charge in [-0.1, -0.05) is 6.58 Å². The number of benzene rings is 2. The highest BCUT2D eigenvalue weighted by atomic mass is 32.2. The average Bonchev–Trinajstić information content (AvgIpc) is 2.65. The number of ether oxygens (including phenoxy) is 1. The second kappa shape index (κ2) is 9.64.